The third-order valence-corrected chi connectivity index (χ3v) is 4.49. The van der Waals surface area contributed by atoms with E-state index in [9.17, 15) is 9.59 Å². The first kappa shape index (κ1) is 18.2. The van der Waals surface area contributed by atoms with E-state index in [1.807, 2.05) is 0 Å². The fraction of sp³-hybridized carbons (Fsp3) is 0.471. The number of methoxy groups -OCH3 is 2. The molecule has 0 amide bonds. The standard InChI is InChI=1S/C17H22N2O4S/c1-11-6-4-5-9-19(11)17(24)18-14-10-12(15(20)22-2)7-8-13(14)16(21)23-3/h7-8,10-11H,4-6,9H2,1-3H3,(H,18,24)/t11-/m1/s1. The number of esters is 2. The number of anilines is 1. The SMILES string of the molecule is COC(=O)c1ccc(C(=O)OC)c(NC(=S)N2CCCC[C@H]2C)c1. The number of nitrogens with zero attached hydrogens (tertiary/aromatic N) is 1. The van der Waals surface area contributed by atoms with E-state index < -0.39 is 11.9 Å². The van der Waals surface area contributed by atoms with E-state index in [1.165, 1.54) is 32.8 Å². The van der Waals surface area contributed by atoms with Crippen LogP contribution in [0.5, 0.6) is 0 Å². The fourth-order valence-corrected chi connectivity index (χ4v) is 3.15. The van der Waals surface area contributed by atoms with Crippen LogP contribution in [0.1, 0.15) is 46.9 Å². The monoisotopic (exact) mass is 350 g/mol. The van der Waals surface area contributed by atoms with Crippen LogP contribution in [0.2, 0.25) is 0 Å². The van der Waals surface area contributed by atoms with Crippen molar-refractivity contribution in [3.05, 3.63) is 29.3 Å². The molecule has 0 aromatic heterocycles. The Morgan fingerprint density at radius 1 is 1.21 bits per heavy atom. The highest BCUT2D eigenvalue weighted by molar-refractivity contribution is 7.80. The number of hydrogen-bond acceptors (Lipinski definition) is 5. The van der Waals surface area contributed by atoms with Crippen molar-refractivity contribution >= 4 is 35.0 Å². The predicted octanol–water partition coefficient (Wildman–Crippen LogP) is 2.83. The zero-order chi connectivity index (χ0) is 17.7. The summed E-state index contributed by atoms with van der Waals surface area (Å²) in [5.74, 6) is -0.977. The summed E-state index contributed by atoms with van der Waals surface area (Å²) in [7, 11) is 2.62. The fourth-order valence-electron chi connectivity index (χ4n) is 2.77. The first-order chi connectivity index (χ1) is 11.5. The Morgan fingerprint density at radius 2 is 1.92 bits per heavy atom. The largest absolute Gasteiger partial charge is 0.465 e. The quantitative estimate of drug-likeness (QED) is 0.664. The number of piperidine rings is 1. The topological polar surface area (TPSA) is 67.9 Å². The Kier molecular flexibility index (Phi) is 6.14. The summed E-state index contributed by atoms with van der Waals surface area (Å²) < 4.78 is 9.53. The molecule has 0 aliphatic carbocycles. The lowest BCUT2D eigenvalue weighted by molar-refractivity contribution is 0.0587. The number of carbonyl (C=O) groups excluding carboxylic acids is 2. The molecular weight excluding hydrogens is 328 g/mol. The molecule has 0 spiro atoms. The summed E-state index contributed by atoms with van der Waals surface area (Å²) >= 11 is 5.50. The van der Waals surface area contributed by atoms with Crippen LogP contribution < -0.4 is 5.32 Å². The minimum atomic E-state index is -0.497. The van der Waals surface area contributed by atoms with Crippen LogP contribution in [0.3, 0.4) is 0 Å². The van der Waals surface area contributed by atoms with Gasteiger partial charge >= 0.3 is 11.9 Å². The molecule has 1 aliphatic heterocycles. The second-order valence-corrected chi connectivity index (χ2v) is 6.10. The maximum atomic E-state index is 12.0. The third-order valence-electron chi connectivity index (χ3n) is 4.15. The molecule has 0 saturated carbocycles. The van der Waals surface area contributed by atoms with Crippen molar-refractivity contribution in [2.24, 2.45) is 0 Å². The normalized spacial score (nSPS) is 17.1. The highest BCUT2D eigenvalue weighted by atomic mass is 32.1. The highest BCUT2D eigenvalue weighted by Gasteiger charge is 2.23. The molecule has 1 atom stereocenters. The molecule has 1 aromatic carbocycles. The lowest BCUT2D eigenvalue weighted by Crippen LogP contribution is -2.44. The summed E-state index contributed by atoms with van der Waals surface area (Å²) in [6, 6.07) is 4.95. The van der Waals surface area contributed by atoms with Gasteiger partial charge in [0.2, 0.25) is 0 Å². The van der Waals surface area contributed by atoms with Gasteiger partial charge in [-0.1, -0.05) is 0 Å². The molecule has 1 saturated heterocycles. The Morgan fingerprint density at radius 3 is 2.54 bits per heavy atom. The van der Waals surface area contributed by atoms with Crippen molar-refractivity contribution in [1.29, 1.82) is 0 Å². The summed E-state index contributed by atoms with van der Waals surface area (Å²) in [5, 5.41) is 3.63. The minimum absolute atomic E-state index is 0.317. The van der Waals surface area contributed by atoms with E-state index in [4.69, 9.17) is 21.7 Å². The van der Waals surface area contributed by atoms with Gasteiger partial charge in [-0.15, -0.1) is 0 Å². The van der Waals surface area contributed by atoms with Gasteiger partial charge in [-0.3, -0.25) is 0 Å². The number of benzene rings is 1. The van der Waals surface area contributed by atoms with Gasteiger partial charge in [-0.25, -0.2) is 9.59 Å². The van der Waals surface area contributed by atoms with Crippen LogP contribution in [-0.4, -0.2) is 48.8 Å². The van der Waals surface area contributed by atoms with E-state index in [0.29, 0.717) is 28.0 Å². The van der Waals surface area contributed by atoms with E-state index in [1.54, 1.807) is 6.07 Å². The zero-order valence-corrected chi connectivity index (χ0v) is 14.9. The molecule has 1 aliphatic rings. The van der Waals surface area contributed by atoms with Crippen LogP contribution in [0.25, 0.3) is 0 Å². The van der Waals surface area contributed by atoms with Gasteiger partial charge in [0.15, 0.2) is 5.11 Å². The molecule has 24 heavy (non-hydrogen) atoms. The Labute approximate surface area is 147 Å². The molecule has 0 radical (unpaired) electrons. The maximum absolute atomic E-state index is 12.0. The number of ether oxygens (including phenoxy) is 2. The van der Waals surface area contributed by atoms with Crippen molar-refractivity contribution in [2.75, 3.05) is 26.1 Å². The second kappa shape index (κ2) is 8.10. The van der Waals surface area contributed by atoms with E-state index in [0.717, 1.165) is 19.4 Å². The van der Waals surface area contributed by atoms with E-state index in [-0.39, 0.29) is 0 Å². The molecule has 0 bridgehead atoms. The summed E-state index contributed by atoms with van der Waals surface area (Å²) in [4.78, 5) is 25.8. The molecule has 1 heterocycles. The van der Waals surface area contributed by atoms with Crippen molar-refractivity contribution in [3.8, 4) is 0 Å². The summed E-state index contributed by atoms with van der Waals surface area (Å²) in [5.41, 5.74) is 1.09. The van der Waals surface area contributed by atoms with Gasteiger partial charge in [-0.2, -0.15) is 0 Å². The Hall–Kier alpha value is -2.15. The van der Waals surface area contributed by atoms with Crippen LogP contribution >= 0.6 is 12.2 Å². The van der Waals surface area contributed by atoms with Crippen molar-refractivity contribution < 1.29 is 19.1 Å². The third kappa shape index (κ3) is 4.03. The molecule has 7 heteroatoms. The van der Waals surface area contributed by atoms with E-state index >= 15 is 0 Å². The van der Waals surface area contributed by atoms with E-state index in [2.05, 4.69) is 17.1 Å². The molecule has 0 unspecified atom stereocenters. The van der Waals surface area contributed by atoms with Gasteiger partial charge in [-0.05, 0) is 56.6 Å². The highest BCUT2D eigenvalue weighted by Crippen LogP contribution is 2.22. The van der Waals surface area contributed by atoms with Gasteiger partial charge in [0.05, 0.1) is 31.0 Å². The lowest BCUT2D eigenvalue weighted by Gasteiger charge is -2.35. The van der Waals surface area contributed by atoms with Crippen molar-refractivity contribution in [1.82, 2.24) is 4.90 Å². The molecule has 1 aromatic rings. The van der Waals surface area contributed by atoms with Gasteiger partial charge in [0.1, 0.15) is 0 Å². The molecule has 6 nitrogen and oxygen atoms in total. The first-order valence-corrected chi connectivity index (χ1v) is 8.27. The number of likely N-dealkylation sites (tertiary alicyclic amines) is 1. The van der Waals surface area contributed by atoms with Gasteiger partial charge < -0.3 is 19.7 Å². The lowest BCUT2D eigenvalue weighted by atomic mass is 10.0. The predicted molar refractivity (Wildman–Crippen MR) is 95.4 cm³/mol. The first-order valence-electron chi connectivity index (χ1n) is 7.86. The van der Waals surface area contributed by atoms with Gasteiger partial charge in [0.25, 0.3) is 0 Å². The molecular formula is C17H22N2O4S. The van der Waals surface area contributed by atoms with Crippen LogP contribution in [0.15, 0.2) is 18.2 Å². The van der Waals surface area contributed by atoms with Crippen molar-refractivity contribution in [3.63, 3.8) is 0 Å². The Balaban J connectivity index is 2.29. The Bertz CT molecular complexity index is 647. The molecule has 2 rings (SSSR count). The smallest absolute Gasteiger partial charge is 0.339 e. The average Bonchev–Trinajstić information content (AvgIpc) is 2.60. The van der Waals surface area contributed by atoms with Crippen LogP contribution in [0.4, 0.5) is 5.69 Å². The zero-order valence-electron chi connectivity index (χ0n) is 14.1. The van der Waals surface area contributed by atoms with Crippen LogP contribution in [-0.2, 0) is 9.47 Å². The van der Waals surface area contributed by atoms with Crippen LogP contribution in [0, 0.1) is 0 Å². The number of hydrogen-bond donors (Lipinski definition) is 1. The minimum Gasteiger partial charge on any atom is -0.465 e. The molecule has 130 valence electrons. The number of rotatable bonds is 3. The number of nitrogens with one attached hydrogen (secondary N) is 1. The van der Waals surface area contributed by atoms with Crippen molar-refractivity contribution in [2.45, 2.75) is 32.2 Å². The maximum Gasteiger partial charge on any atom is 0.339 e. The molecule has 1 N–H and O–H groups in total. The van der Waals surface area contributed by atoms with Gasteiger partial charge in [0, 0.05) is 12.6 Å². The number of thiocarbonyl (C=S) groups is 1. The second-order valence-electron chi connectivity index (χ2n) is 5.71. The molecule has 1 fully saturated rings. The summed E-state index contributed by atoms with van der Waals surface area (Å²) in [6.45, 7) is 3.00. The average molecular weight is 350 g/mol. The number of carbonyl (C=O) groups is 2. The summed E-state index contributed by atoms with van der Waals surface area (Å²) in [6.07, 6.45) is 3.34.